The summed E-state index contributed by atoms with van der Waals surface area (Å²) in [6.45, 7) is 0.782. The number of aliphatic hydroxyl groups is 3. The van der Waals surface area contributed by atoms with Gasteiger partial charge in [-0.2, -0.15) is 0 Å². The van der Waals surface area contributed by atoms with Crippen molar-refractivity contribution >= 4 is 18.0 Å². The summed E-state index contributed by atoms with van der Waals surface area (Å²) in [7, 11) is 0. The van der Waals surface area contributed by atoms with Gasteiger partial charge in [0.2, 0.25) is 6.29 Å². The molecule has 1 heterocycles. The number of carbonyl (C=O) groups is 2. The lowest BCUT2D eigenvalue weighted by molar-refractivity contribution is -0.291. The minimum Gasteiger partial charge on any atom is -0.508 e. The molecule has 1 aliphatic rings. The van der Waals surface area contributed by atoms with Crippen molar-refractivity contribution in [3.05, 3.63) is 35.9 Å². The molecule has 1 aromatic rings. The average Bonchev–Trinajstić information content (AvgIpc) is 2.60. The second kappa shape index (κ2) is 8.77. The molecule has 26 heavy (non-hydrogen) atoms. The summed E-state index contributed by atoms with van der Waals surface area (Å²) in [5.74, 6) is -1.40. The maximum atomic E-state index is 11.9. The number of aromatic hydroxyl groups is 1. The van der Waals surface area contributed by atoms with Gasteiger partial charge in [0.15, 0.2) is 0 Å². The van der Waals surface area contributed by atoms with E-state index in [9.17, 15) is 30.0 Å². The fourth-order valence-electron chi connectivity index (χ4n) is 2.25. The second-order valence-corrected chi connectivity index (χ2v) is 5.68. The topological polar surface area (TPSA) is 143 Å². The van der Waals surface area contributed by atoms with Crippen LogP contribution >= 0.6 is 0 Å². The highest BCUT2D eigenvalue weighted by molar-refractivity contribution is 5.87. The van der Waals surface area contributed by atoms with Crippen LogP contribution in [-0.2, 0) is 23.8 Å². The van der Waals surface area contributed by atoms with E-state index in [-0.39, 0.29) is 12.4 Å². The number of ether oxygens (including phenoxy) is 3. The van der Waals surface area contributed by atoms with Crippen LogP contribution in [0, 0.1) is 0 Å². The molecule has 0 radical (unpaired) electrons. The molecule has 0 bridgehead atoms. The van der Waals surface area contributed by atoms with Crippen molar-refractivity contribution in [2.24, 2.45) is 0 Å². The van der Waals surface area contributed by atoms with E-state index < -0.39 is 42.6 Å². The number of hydrogen-bond donors (Lipinski definition) is 4. The van der Waals surface area contributed by atoms with Gasteiger partial charge in [0, 0.05) is 13.0 Å². The molecule has 2 rings (SSSR count). The number of aliphatic hydroxyl groups excluding tert-OH is 3. The van der Waals surface area contributed by atoms with E-state index in [0.29, 0.717) is 5.56 Å². The van der Waals surface area contributed by atoms with Gasteiger partial charge in [-0.05, 0) is 23.8 Å². The quantitative estimate of drug-likeness (QED) is 0.392. The molecule has 9 nitrogen and oxygen atoms in total. The smallest absolute Gasteiger partial charge is 0.333 e. The molecular weight excluding hydrogens is 348 g/mol. The third-order valence-corrected chi connectivity index (χ3v) is 3.66. The van der Waals surface area contributed by atoms with Crippen LogP contribution in [0.4, 0.5) is 0 Å². The van der Waals surface area contributed by atoms with Gasteiger partial charge in [-0.1, -0.05) is 12.1 Å². The molecule has 9 heteroatoms. The molecule has 0 aromatic heterocycles. The number of hydrogen-bond acceptors (Lipinski definition) is 9. The average molecular weight is 368 g/mol. The zero-order valence-electron chi connectivity index (χ0n) is 13.9. The predicted octanol–water partition coefficient (Wildman–Crippen LogP) is -0.681. The maximum Gasteiger partial charge on any atom is 0.333 e. The number of esters is 2. The second-order valence-electron chi connectivity index (χ2n) is 5.68. The van der Waals surface area contributed by atoms with Crippen LogP contribution in [0.15, 0.2) is 30.3 Å². The molecule has 0 amide bonds. The van der Waals surface area contributed by atoms with Crippen molar-refractivity contribution in [3.63, 3.8) is 0 Å². The highest BCUT2D eigenvalue weighted by Gasteiger charge is 2.45. The Hall–Kier alpha value is -2.46. The summed E-state index contributed by atoms with van der Waals surface area (Å²) >= 11 is 0. The zero-order valence-corrected chi connectivity index (χ0v) is 13.9. The zero-order chi connectivity index (χ0) is 19.3. The third kappa shape index (κ3) is 5.27. The molecule has 4 N–H and O–H groups in total. The summed E-state index contributed by atoms with van der Waals surface area (Å²) < 4.78 is 14.9. The molecule has 1 aromatic carbocycles. The van der Waals surface area contributed by atoms with Gasteiger partial charge in [-0.25, -0.2) is 4.79 Å². The van der Waals surface area contributed by atoms with Crippen molar-refractivity contribution in [1.29, 1.82) is 0 Å². The van der Waals surface area contributed by atoms with Gasteiger partial charge < -0.3 is 34.6 Å². The monoisotopic (exact) mass is 368 g/mol. The van der Waals surface area contributed by atoms with Crippen LogP contribution < -0.4 is 0 Å². The summed E-state index contributed by atoms with van der Waals surface area (Å²) in [6, 6.07) is 6.02. The first-order valence-electron chi connectivity index (χ1n) is 7.78. The Balaban J connectivity index is 1.98. The molecule has 1 fully saturated rings. The number of carbonyl (C=O) groups excluding carboxylic acids is 2. The van der Waals surface area contributed by atoms with Gasteiger partial charge in [0.1, 0.15) is 36.8 Å². The van der Waals surface area contributed by atoms with E-state index in [1.807, 2.05) is 0 Å². The Morgan fingerprint density at radius 1 is 1.12 bits per heavy atom. The van der Waals surface area contributed by atoms with Crippen molar-refractivity contribution in [3.8, 4) is 5.75 Å². The molecular formula is C17H20O9. The van der Waals surface area contributed by atoms with Gasteiger partial charge in [-0.15, -0.1) is 0 Å². The van der Waals surface area contributed by atoms with Crippen molar-refractivity contribution in [2.45, 2.75) is 37.6 Å². The molecule has 0 saturated carbocycles. The summed E-state index contributed by atoms with van der Waals surface area (Å²) in [5.41, 5.74) is 0.619. The van der Waals surface area contributed by atoms with Crippen LogP contribution in [0.3, 0.4) is 0 Å². The lowest BCUT2D eigenvalue weighted by Gasteiger charge is -2.39. The highest BCUT2D eigenvalue weighted by atomic mass is 16.7. The summed E-state index contributed by atoms with van der Waals surface area (Å²) in [6.07, 6.45) is -5.08. The first-order chi connectivity index (χ1) is 12.3. The number of rotatable bonds is 5. The lowest BCUT2D eigenvalue weighted by Crippen LogP contribution is -2.59. The van der Waals surface area contributed by atoms with Crippen LogP contribution in [0.25, 0.3) is 6.08 Å². The SMILES string of the molecule is CC(=O)OC[C@H]1O[C@@H](OC(=O)C=Cc2ccc(O)cc2)[C@H](O)[C@@H](O)[C@@H]1O. The Bertz CT molecular complexity index is 655. The Labute approximate surface area is 149 Å². The first kappa shape index (κ1) is 19.9. The van der Waals surface area contributed by atoms with E-state index in [4.69, 9.17) is 14.2 Å². The van der Waals surface area contributed by atoms with E-state index >= 15 is 0 Å². The predicted molar refractivity (Wildman–Crippen MR) is 86.5 cm³/mol. The third-order valence-electron chi connectivity index (χ3n) is 3.66. The fraction of sp³-hybridized carbons (Fsp3) is 0.412. The molecule has 0 unspecified atom stereocenters. The number of phenolic OH excluding ortho intramolecular Hbond substituents is 1. The van der Waals surface area contributed by atoms with Crippen molar-refractivity contribution < 1.29 is 44.2 Å². The Morgan fingerprint density at radius 3 is 2.38 bits per heavy atom. The van der Waals surface area contributed by atoms with Gasteiger partial charge >= 0.3 is 11.9 Å². The highest BCUT2D eigenvalue weighted by Crippen LogP contribution is 2.23. The van der Waals surface area contributed by atoms with Crippen LogP contribution in [-0.4, -0.2) is 69.7 Å². The van der Waals surface area contributed by atoms with Crippen LogP contribution in [0.2, 0.25) is 0 Å². The summed E-state index contributed by atoms with van der Waals surface area (Å²) in [4.78, 5) is 22.7. The van der Waals surface area contributed by atoms with Crippen LogP contribution in [0.5, 0.6) is 5.75 Å². The lowest BCUT2D eigenvalue weighted by atomic mass is 9.99. The molecule has 0 aliphatic carbocycles. The van der Waals surface area contributed by atoms with Gasteiger partial charge in [0.25, 0.3) is 0 Å². The molecule has 1 aliphatic heterocycles. The van der Waals surface area contributed by atoms with Crippen molar-refractivity contribution in [1.82, 2.24) is 0 Å². The largest absolute Gasteiger partial charge is 0.508 e. The van der Waals surface area contributed by atoms with E-state index in [0.717, 1.165) is 13.0 Å². The van der Waals surface area contributed by atoms with E-state index in [1.54, 1.807) is 12.1 Å². The maximum absolute atomic E-state index is 11.9. The number of phenols is 1. The van der Waals surface area contributed by atoms with E-state index in [2.05, 4.69) is 0 Å². The normalized spacial score (nSPS) is 28.7. The molecule has 142 valence electrons. The molecule has 1 saturated heterocycles. The fourth-order valence-corrected chi connectivity index (χ4v) is 2.25. The number of benzene rings is 1. The minimum absolute atomic E-state index is 0.0785. The first-order valence-corrected chi connectivity index (χ1v) is 7.78. The Morgan fingerprint density at radius 2 is 1.77 bits per heavy atom. The Kier molecular flexibility index (Phi) is 6.70. The molecule has 5 atom stereocenters. The molecule has 0 spiro atoms. The van der Waals surface area contributed by atoms with Gasteiger partial charge in [0.05, 0.1) is 0 Å². The standard InChI is InChI=1S/C17H20O9/c1-9(18)24-8-12-14(21)15(22)16(23)17(25-12)26-13(20)7-4-10-2-5-11(19)6-3-10/h2-7,12,14-17,19,21-23H,8H2,1H3/t12-,14-,15+,16-,17+/m1/s1. The minimum atomic E-state index is -1.68. The summed E-state index contributed by atoms with van der Waals surface area (Å²) in [5, 5.41) is 38.8. The van der Waals surface area contributed by atoms with Crippen LogP contribution in [0.1, 0.15) is 12.5 Å². The van der Waals surface area contributed by atoms with Crippen molar-refractivity contribution in [2.75, 3.05) is 6.61 Å². The van der Waals surface area contributed by atoms with Gasteiger partial charge in [-0.3, -0.25) is 4.79 Å². The van der Waals surface area contributed by atoms with E-state index in [1.165, 1.54) is 18.2 Å².